The van der Waals surface area contributed by atoms with Crippen molar-refractivity contribution >= 4 is 29.6 Å². The zero-order chi connectivity index (χ0) is 25.1. The maximum absolute atomic E-state index is 12.8. The highest BCUT2D eigenvalue weighted by Gasteiger charge is 2.33. The first kappa shape index (κ1) is 27.5. The van der Waals surface area contributed by atoms with Crippen LogP contribution in [0.3, 0.4) is 0 Å². The summed E-state index contributed by atoms with van der Waals surface area (Å²) in [7, 11) is 0. The van der Waals surface area contributed by atoms with Crippen molar-refractivity contribution in [2.75, 3.05) is 6.61 Å². The van der Waals surface area contributed by atoms with Gasteiger partial charge in [0.15, 0.2) is 0 Å². The van der Waals surface area contributed by atoms with E-state index in [4.69, 9.17) is 21.7 Å². The van der Waals surface area contributed by atoms with Gasteiger partial charge in [0.05, 0.1) is 25.4 Å². The largest absolute Gasteiger partial charge is 0.480 e. The molecule has 0 spiro atoms. The number of carboxylic acids is 1. The van der Waals surface area contributed by atoms with Gasteiger partial charge < -0.3 is 42.6 Å². The lowest BCUT2D eigenvalue weighted by Crippen LogP contribution is -2.59. The fraction of sp³-hybridized carbons (Fsp3) is 0.579. The van der Waals surface area contributed by atoms with E-state index in [1.807, 2.05) is 0 Å². The van der Waals surface area contributed by atoms with Gasteiger partial charge >= 0.3 is 5.97 Å². The molecule has 0 aliphatic rings. The number of carboxylic acid groups (broad SMARTS) is 1. The topological polar surface area (TPSA) is 243 Å². The van der Waals surface area contributed by atoms with Gasteiger partial charge in [-0.2, -0.15) is 0 Å². The number of nitrogens with two attached hydrogens (primary N) is 2. The summed E-state index contributed by atoms with van der Waals surface area (Å²) in [6.45, 7) is 2.53. The van der Waals surface area contributed by atoms with Crippen LogP contribution in [0.25, 0.3) is 0 Å². The molecule has 184 valence electrons. The number of amides is 4. The molecule has 1 rings (SSSR count). The molecule has 1 aromatic rings. The highest BCUT2D eigenvalue weighted by Crippen LogP contribution is 2.10. The first-order valence-corrected chi connectivity index (χ1v) is 10.3. The number of primary amides is 1. The van der Waals surface area contributed by atoms with Gasteiger partial charge in [0.2, 0.25) is 23.6 Å². The SMILES string of the molecule is CCC(C)C(NC(=O)C(CC(N)=O)NC(=O)C(N)Cc1cnc[nH]1)C(=O)NC(CO)C(=O)O. The molecule has 0 fully saturated rings. The number of imidazole rings is 1. The Kier molecular flexibility index (Phi) is 10.9. The molecule has 14 heteroatoms. The normalized spacial score (nSPS) is 15.4. The summed E-state index contributed by atoms with van der Waals surface area (Å²) in [4.78, 5) is 67.1. The van der Waals surface area contributed by atoms with E-state index in [1.54, 1.807) is 13.8 Å². The predicted octanol–water partition coefficient (Wildman–Crippen LogP) is -3.27. The van der Waals surface area contributed by atoms with Crippen molar-refractivity contribution in [3.63, 3.8) is 0 Å². The van der Waals surface area contributed by atoms with E-state index < -0.39 is 72.7 Å². The van der Waals surface area contributed by atoms with Crippen LogP contribution in [0.5, 0.6) is 0 Å². The molecule has 1 heterocycles. The molecule has 0 radical (unpaired) electrons. The Labute approximate surface area is 189 Å². The quantitative estimate of drug-likeness (QED) is 0.136. The number of rotatable bonds is 14. The van der Waals surface area contributed by atoms with E-state index >= 15 is 0 Å². The molecular formula is C19H31N7O7. The summed E-state index contributed by atoms with van der Waals surface area (Å²) in [6.07, 6.45) is 2.85. The molecule has 0 aliphatic heterocycles. The summed E-state index contributed by atoms with van der Waals surface area (Å²) in [5, 5.41) is 25.1. The van der Waals surface area contributed by atoms with Crippen molar-refractivity contribution in [1.29, 1.82) is 0 Å². The average Bonchev–Trinajstić information content (AvgIpc) is 3.26. The number of hydrogen-bond donors (Lipinski definition) is 8. The van der Waals surface area contributed by atoms with Crippen LogP contribution in [0.1, 0.15) is 32.4 Å². The van der Waals surface area contributed by atoms with Gasteiger partial charge in [-0.05, 0) is 5.92 Å². The number of aromatic nitrogens is 2. The maximum Gasteiger partial charge on any atom is 0.328 e. The molecular weight excluding hydrogens is 438 g/mol. The molecule has 10 N–H and O–H groups in total. The van der Waals surface area contributed by atoms with E-state index in [2.05, 4.69) is 25.9 Å². The highest BCUT2D eigenvalue weighted by molar-refractivity contribution is 5.96. The van der Waals surface area contributed by atoms with E-state index in [-0.39, 0.29) is 6.42 Å². The minimum absolute atomic E-state index is 0.0897. The van der Waals surface area contributed by atoms with Crippen molar-refractivity contribution in [2.24, 2.45) is 17.4 Å². The van der Waals surface area contributed by atoms with Crippen LogP contribution >= 0.6 is 0 Å². The lowest BCUT2D eigenvalue weighted by atomic mass is 9.97. The Morgan fingerprint density at radius 2 is 1.73 bits per heavy atom. The summed E-state index contributed by atoms with van der Waals surface area (Å²) in [5.74, 6) is -5.25. The second-order valence-electron chi connectivity index (χ2n) is 7.57. The number of H-pyrrole nitrogens is 1. The first-order chi connectivity index (χ1) is 15.5. The molecule has 5 unspecified atom stereocenters. The second kappa shape index (κ2) is 13.1. The zero-order valence-corrected chi connectivity index (χ0v) is 18.4. The second-order valence-corrected chi connectivity index (χ2v) is 7.57. The number of carbonyl (C=O) groups excluding carboxylic acids is 4. The number of nitrogens with zero attached hydrogens (tertiary/aromatic N) is 1. The Hall–Kier alpha value is -3.52. The average molecular weight is 469 g/mol. The van der Waals surface area contributed by atoms with E-state index in [0.29, 0.717) is 12.1 Å². The molecule has 0 aromatic carbocycles. The van der Waals surface area contributed by atoms with Gasteiger partial charge in [-0.3, -0.25) is 19.2 Å². The van der Waals surface area contributed by atoms with Crippen LogP contribution in [0.4, 0.5) is 0 Å². The van der Waals surface area contributed by atoms with Crippen molar-refractivity contribution in [2.45, 2.75) is 57.3 Å². The summed E-state index contributed by atoms with van der Waals surface area (Å²) in [6, 6.07) is -5.26. The Morgan fingerprint density at radius 1 is 1.09 bits per heavy atom. The standard InChI is InChI=1S/C19H31N7O7/c1-3-9(2)15(18(31)25-13(7-27)19(32)33)26-17(30)12(5-14(21)28)24-16(29)11(20)4-10-6-22-8-23-10/h6,8-9,11-13,15,27H,3-5,7,20H2,1-2H3,(H2,21,28)(H,22,23)(H,24,29)(H,25,31)(H,26,30)(H,32,33). The lowest BCUT2D eigenvalue weighted by molar-refractivity contribution is -0.143. The summed E-state index contributed by atoms with van der Waals surface area (Å²) >= 11 is 0. The minimum Gasteiger partial charge on any atom is -0.480 e. The van der Waals surface area contributed by atoms with Gasteiger partial charge in [-0.15, -0.1) is 0 Å². The molecule has 5 atom stereocenters. The van der Waals surface area contributed by atoms with E-state index in [9.17, 15) is 24.0 Å². The fourth-order valence-electron chi connectivity index (χ4n) is 2.82. The van der Waals surface area contributed by atoms with Gasteiger partial charge in [-0.25, -0.2) is 9.78 Å². The molecule has 14 nitrogen and oxygen atoms in total. The number of aromatic amines is 1. The van der Waals surface area contributed by atoms with Crippen LogP contribution < -0.4 is 27.4 Å². The molecule has 33 heavy (non-hydrogen) atoms. The third kappa shape index (κ3) is 8.86. The number of aliphatic carboxylic acids is 1. The van der Waals surface area contributed by atoms with Crippen LogP contribution in [0, 0.1) is 5.92 Å². The van der Waals surface area contributed by atoms with Crippen LogP contribution in [-0.2, 0) is 30.4 Å². The number of nitrogens with one attached hydrogen (secondary N) is 4. The smallest absolute Gasteiger partial charge is 0.328 e. The van der Waals surface area contributed by atoms with E-state index in [1.165, 1.54) is 12.5 Å². The number of hydrogen-bond acceptors (Lipinski definition) is 8. The molecule has 0 aliphatic carbocycles. The van der Waals surface area contributed by atoms with Crippen molar-refractivity contribution < 1.29 is 34.2 Å². The fourth-order valence-corrected chi connectivity index (χ4v) is 2.82. The van der Waals surface area contributed by atoms with Crippen LogP contribution in [-0.4, -0.2) is 80.6 Å². The lowest BCUT2D eigenvalue weighted by Gasteiger charge is -2.27. The van der Waals surface area contributed by atoms with Gasteiger partial charge in [0.25, 0.3) is 0 Å². The molecule has 0 saturated heterocycles. The van der Waals surface area contributed by atoms with Crippen LogP contribution in [0.2, 0.25) is 0 Å². The molecule has 0 saturated carbocycles. The Balaban J connectivity index is 2.94. The molecule has 4 amide bonds. The zero-order valence-electron chi connectivity index (χ0n) is 18.4. The molecule has 1 aromatic heterocycles. The Bertz CT molecular complexity index is 830. The Morgan fingerprint density at radius 3 is 2.21 bits per heavy atom. The number of carbonyl (C=O) groups is 5. The van der Waals surface area contributed by atoms with Crippen molar-refractivity contribution in [3.05, 3.63) is 18.2 Å². The first-order valence-electron chi connectivity index (χ1n) is 10.3. The third-order valence-corrected chi connectivity index (χ3v) is 4.96. The van der Waals surface area contributed by atoms with Gasteiger partial charge in [0.1, 0.15) is 18.1 Å². The monoisotopic (exact) mass is 469 g/mol. The van der Waals surface area contributed by atoms with Crippen molar-refractivity contribution in [3.8, 4) is 0 Å². The van der Waals surface area contributed by atoms with Crippen molar-refractivity contribution in [1.82, 2.24) is 25.9 Å². The number of aliphatic hydroxyl groups is 1. The third-order valence-electron chi connectivity index (χ3n) is 4.96. The minimum atomic E-state index is -1.57. The highest BCUT2D eigenvalue weighted by atomic mass is 16.4. The predicted molar refractivity (Wildman–Crippen MR) is 114 cm³/mol. The summed E-state index contributed by atoms with van der Waals surface area (Å²) in [5.41, 5.74) is 11.6. The van der Waals surface area contributed by atoms with Gasteiger partial charge in [-0.1, -0.05) is 20.3 Å². The molecule has 0 bridgehead atoms. The van der Waals surface area contributed by atoms with E-state index in [0.717, 1.165) is 0 Å². The van der Waals surface area contributed by atoms with Crippen LogP contribution in [0.15, 0.2) is 12.5 Å². The van der Waals surface area contributed by atoms with Gasteiger partial charge in [0, 0.05) is 18.3 Å². The maximum atomic E-state index is 12.8. The number of aliphatic hydroxyl groups excluding tert-OH is 1. The summed E-state index contributed by atoms with van der Waals surface area (Å²) < 4.78 is 0.